The van der Waals surface area contributed by atoms with Gasteiger partial charge >= 0.3 is 0 Å². The molecule has 3 rings (SSSR count). The fourth-order valence-corrected chi connectivity index (χ4v) is 2.59. The molecule has 96 valence electrons. The maximum Gasteiger partial charge on any atom is 0.273 e. The molecule has 0 fully saturated rings. The first-order valence-electron chi connectivity index (χ1n) is 5.75. The standard InChI is InChI=1S/C12H10N4O2S/c17-10-6-5-8(15-16-10)11(18)14-12-13-7-3-1-2-4-9(7)19-12/h1-4H,5-6H2,(H,16,17)(H,13,14,18). The summed E-state index contributed by atoms with van der Waals surface area (Å²) in [7, 11) is 0. The van der Waals surface area contributed by atoms with E-state index in [1.165, 1.54) is 11.3 Å². The van der Waals surface area contributed by atoms with Crippen molar-refractivity contribution in [2.45, 2.75) is 12.8 Å². The summed E-state index contributed by atoms with van der Waals surface area (Å²) in [4.78, 5) is 27.2. The molecule has 0 radical (unpaired) electrons. The second-order valence-corrected chi connectivity index (χ2v) is 5.06. The molecule has 0 aliphatic carbocycles. The molecule has 2 aromatic rings. The van der Waals surface area contributed by atoms with Crippen molar-refractivity contribution >= 4 is 44.2 Å². The highest BCUT2D eigenvalue weighted by Gasteiger charge is 2.19. The van der Waals surface area contributed by atoms with Gasteiger partial charge < -0.3 is 0 Å². The number of carbonyl (C=O) groups is 2. The number of nitrogens with one attached hydrogen (secondary N) is 2. The minimum Gasteiger partial charge on any atom is -0.297 e. The Balaban J connectivity index is 1.77. The molecule has 0 saturated heterocycles. The predicted octanol–water partition coefficient (Wildman–Crippen LogP) is 1.50. The molecule has 1 aromatic carbocycles. The molecule has 0 atom stereocenters. The second-order valence-electron chi connectivity index (χ2n) is 4.03. The molecule has 7 heteroatoms. The lowest BCUT2D eigenvalue weighted by atomic mass is 10.2. The molecular weight excluding hydrogens is 264 g/mol. The van der Waals surface area contributed by atoms with Gasteiger partial charge in [0.05, 0.1) is 10.2 Å². The number of nitrogens with zero attached hydrogens (tertiary/aromatic N) is 2. The Morgan fingerprint density at radius 1 is 1.32 bits per heavy atom. The number of para-hydroxylation sites is 1. The molecule has 0 bridgehead atoms. The number of fused-ring (bicyclic) bond motifs is 1. The number of rotatable bonds is 2. The van der Waals surface area contributed by atoms with Gasteiger partial charge in [0.1, 0.15) is 5.71 Å². The van der Waals surface area contributed by atoms with E-state index >= 15 is 0 Å². The molecule has 2 N–H and O–H groups in total. The summed E-state index contributed by atoms with van der Waals surface area (Å²) in [6.45, 7) is 0. The third-order valence-electron chi connectivity index (χ3n) is 2.68. The molecule has 6 nitrogen and oxygen atoms in total. The third-order valence-corrected chi connectivity index (χ3v) is 3.63. The van der Waals surface area contributed by atoms with E-state index in [2.05, 4.69) is 20.8 Å². The molecule has 2 heterocycles. The molecule has 0 unspecified atom stereocenters. The van der Waals surface area contributed by atoms with Gasteiger partial charge in [-0.2, -0.15) is 5.10 Å². The predicted molar refractivity (Wildman–Crippen MR) is 73.1 cm³/mol. The molecule has 19 heavy (non-hydrogen) atoms. The number of hydrogen-bond acceptors (Lipinski definition) is 5. The summed E-state index contributed by atoms with van der Waals surface area (Å²) in [5, 5.41) is 6.98. The third kappa shape index (κ3) is 2.45. The lowest BCUT2D eigenvalue weighted by Gasteiger charge is -2.10. The van der Waals surface area contributed by atoms with Crippen LogP contribution in [0.15, 0.2) is 29.4 Å². The Bertz CT molecular complexity index is 659. The quantitative estimate of drug-likeness (QED) is 0.870. The average Bonchev–Trinajstić information content (AvgIpc) is 2.81. The SMILES string of the molecule is O=C1CCC(C(=O)Nc2nc3ccccc3s2)=NN1. The number of thiazole rings is 1. The smallest absolute Gasteiger partial charge is 0.273 e. The van der Waals surface area contributed by atoms with Crippen LogP contribution in [0.4, 0.5) is 5.13 Å². The Morgan fingerprint density at radius 2 is 2.16 bits per heavy atom. The molecule has 2 amide bonds. The highest BCUT2D eigenvalue weighted by atomic mass is 32.1. The van der Waals surface area contributed by atoms with Crippen LogP contribution in [0.1, 0.15) is 12.8 Å². The van der Waals surface area contributed by atoms with Crippen molar-refractivity contribution in [1.29, 1.82) is 0 Å². The maximum atomic E-state index is 11.9. The highest BCUT2D eigenvalue weighted by Crippen LogP contribution is 2.25. The van der Waals surface area contributed by atoms with E-state index in [0.717, 1.165) is 10.2 Å². The number of benzene rings is 1. The minimum atomic E-state index is -0.320. The first-order chi connectivity index (χ1) is 9.22. The Kier molecular flexibility index (Phi) is 2.96. The van der Waals surface area contributed by atoms with Crippen LogP contribution in [-0.4, -0.2) is 22.5 Å². The number of anilines is 1. The summed E-state index contributed by atoms with van der Waals surface area (Å²) < 4.78 is 1.01. The summed E-state index contributed by atoms with van der Waals surface area (Å²) in [6, 6.07) is 7.65. The van der Waals surface area contributed by atoms with Crippen molar-refractivity contribution in [3.8, 4) is 0 Å². The lowest BCUT2D eigenvalue weighted by molar-refractivity contribution is -0.121. The van der Waals surface area contributed by atoms with Crippen molar-refractivity contribution in [1.82, 2.24) is 10.4 Å². The van der Waals surface area contributed by atoms with E-state index < -0.39 is 0 Å². The summed E-state index contributed by atoms with van der Waals surface area (Å²) in [5.74, 6) is -0.490. The number of hydrogen-bond donors (Lipinski definition) is 2. The topological polar surface area (TPSA) is 83.5 Å². The van der Waals surface area contributed by atoms with Gasteiger partial charge in [0, 0.05) is 12.8 Å². The fourth-order valence-electron chi connectivity index (χ4n) is 1.73. The first kappa shape index (κ1) is 11.8. The van der Waals surface area contributed by atoms with E-state index in [-0.39, 0.29) is 18.2 Å². The van der Waals surface area contributed by atoms with Gasteiger partial charge in [0.2, 0.25) is 5.91 Å². The molecule has 1 aromatic heterocycles. The Labute approximate surface area is 112 Å². The lowest BCUT2D eigenvalue weighted by Crippen LogP contribution is -2.32. The molecular formula is C12H10N4O2S. The zero-order valence-corrected chi connectivity index (χ0v) is 10.7. The van der Waals surface area contributed by atoms with E-state index in [0.29, 0.717) is 17.3 Å². The minimum absolute atomic E-state index is 0.170. The molecule has 0 spiro atoms. The van der Waals surface area contributed by atoms with Gasteiger partial charge in [-0.3, -0.25) is 14.9 Å². The highest BCUT2D eigenvalue weighted by molar-refractivity contribution is 7.22. The van der Waals surface area contributed by atoms with Crippen LogP contribution in [0, 0.1) is 0 Å². The van der Waals surface area contributed by atoms with Crippen LogP contribution in [-0.2, 0) is 9.59 Å². The van der Waals surface area contributed by atoms with E-state index in [4.69, 9.17) is 0 Å². The van der Waals surface area contributed by atoms with Crippen LogP contribution in [0.25, 0.3) is 10.2 Å². The van der Waals surface area contributed by atoms with Gasteiger partial charge in [-0.05, 0) is 12.1 Å². The Hall–Kier alpha value is -2.28. The monoisotopic (exact) mass is 274 g/mol. The number of hydrazone groups is 1. The van der Waals surface area contributed by atoms with Crippen LogP contribution in [0.5, 0.6) is 0 Å². The van der Waals surface area contributed by atoms with Gasteiger partial charge in [-0.1, -0.05) is 23.5 Å². The van der Waals surface area contributed by atoms with Crippen LogP contribution in [0.2, 0.25) is 0 Å². The van der Waals surface area contributed by atoms with Crippen molar-refractivity contribution in [3.63, 3.8) is 0 Å². The van der Waals surface area contributed by atoms with E-state index in [1.54, 1.807) is 0 Å². The van der Waals surface area contributed by atoms with Gasteiger partial charge in [0.15, 0.2) is 5.13 Å². The summed E-state index contributed by atoms with van der Waals surface area (Å²) in [6.07, 6.45) is 0.634. The zero-order chi connectivity index (χ0) is 13.2. The average molecular weight is 274 g/mol. The largest absolute Gasteiger partial charge is 0.297 e. The molecule has 1 aliphatic heterocycles. The van der Waals surface area contributed by atoms with Crippen molar-refractivity contribution in [2.75, 3.05) is 5.32 Å². The van der Waals surface area contributed by atoms with Crippen LogP contribution >= 0.6 is 11.3 Å². The van der Waals surface area contributed by atoms with E-state index in [9.17, 15) is 9.59 Å². The molecule has 1 aliphatic rings. The van der Waals surface area contributed by atoms with Crippen molar-refractivity contribution < 1.29 is 9.59 Å². The van der Waals surface area contributed by atoms with Crippen molar-refractivity contribution in [2.24, 2.45) is 5.10 Å². The summed E-state index contributed by atoms with van der Waals surface area (Å²) in [5.41, 5.74) is 3.46. The van der Waals surface area contributed by atoms with E-state index in [1.807, 2.05) is 24.3 Å². The van der Waals surface area contributed by atoms with Crippen molar-refractivity contribution in [3.05, 3.63) is 24.3 Å². The van der Waals surface area contributed by atoms with Gasteiger partial charge in [-0.15, -0.1) is 0 Å². The number of carbonyl (C=O) groups excluding carboxylic acids is 2. The normalized spacial score (nSPS) is 14.9. The number of amides is 2. The summed E-state index contributed by atoms with van der Waals surface area (Å²) >= 11 is 1.40. The van der Waals surface area contributed by atoms with Crippen LogP contribution in [0.3, 0.4) is 0 Å². The Morgan fingerprint density at radius 3 is 2.89 bits per heavy atom. The van der Waals surface area contributed by atoms with Gasteiger partial charge in [-0.25, -0.2) is 10.4 Å². The maximum absolute atomic E-state index is 11.9. The van der Waals surface area contributed by atoms with Gasteiger partial charge in [0.25, 0.3) is 5.91 Å². The first-order valence-corrected chi connectivity index (χ1v) is 6.56. The zero-order valence-electron chi connectivity index (χ0n) is 9.84. The fraction of sp³-hybridized carbons (Fsp3) is 0.167. The second kappa shape index (κ2) is 4.77. The number of aromatic nitrogens is 1. The van der Waals surface area contributed by atoms with Crippen LogP contribution < -0.4 is 10.7 Å². The molecule has 0 saturated carbocycles.